The average molecular weight is 472 g/mol. The fourth-order valence-corrected chi connectivity index (χ4v) is 5.25. The van der Waals surface area contributed by atoms with E-state index in [9.17, 15) is 9.59 Å². The summed E-state index contributed by atoms with van der Waals surface area (Å²) >= 11 is 7.40. The molecule has 1 saturated carbocycles. The van der Waals surface area contributed by atoms with E-state index < -0.39 is 0 Å². The fraction of sp³-hybridized carbons (Fsp3) is 0.348. The number of carbonyl (C=O) groups is 1. The van der Waals surface area contributed by atoms with Gasteiger partial charge in [-0.05, 0) is 43.2 Å². The minimum Gasteiger partial charge on any atom is -0.454 e. The molecule has 0 radical (unpaired) electrons. The van der Waals surface area contributed by atoms with Crippen molar-refractivity contribution in [2.45, 2.75) is 43.3 Å². The van der Waals surface area contributed by atoms with Crippen molar-refractivity contribution >= 4 is 45.9 Å². The molecule has 1 amide bonds. The van der Waals surface area contributed by atoms with Crippen LogP contribution in [0.4, 0.5) is 5.69 Å². The molecule has 0 bridgehead atoms. The molecule has 0 atom stereocenters. The summed E-state index contributed by atoms with van der Waals surface area (Å²) in [4.78, 5) is 30.7. The molecule has 9 heteroatoms. The van der Waals surface area contributed by atoms with E-state index in [0.29, 0.717) is 38.3 Å². The van der Waals surface area contributed by atoms with E-state index in [1.807, 2.05) is 0 Å². The van der Waals surface area contributed by atoms with Crippen LogP contribution in [0.5, 0.6) is 11.5 Å². The van der Waals surface area contributed by atoms with Gasteiger partial charge in [0, 0.05) is 22.8 Å². The van der Waals surface area contributed by atoms with Crippen molar-refractivity contribution < 1.29 is 14.3 Å². The second-order valence-electron chi connectivity index (χ2n) is 7.93. The van der Waals surface area contributed by atoms with Crippen LogP contribution in [0, 0.1) is 0 Å². The Morgan fingerprint density at radius 1 is 1.12 bits per heavy atom. The average Bonchev–Trinajstić information content (AvgIpc) is 3.26. The zero-order chi connectivity index (χ0) is 22.1. The number of hydrogen-bond acceptors (Lipinski definition) is 6. The third-order valence-electron chi connectivity index (χ3n) is 5.76. The van der Waals surface area contributed by atoms with Gasteiger partial charge in [0.05, 0.1) is 16.7 Å². The predicted octanol–water partition coefficient (Wildman–Crippen LogP) is 5.01. The maximum absolute atomic E-state index is 13.3. The number of amides is 1. The molecule has 3 aromatic rings. The summed E-state index contributed by atoms with van der Waals surface area (Å²) in [6, 6.07) is 10.5. The smallest absolute Gasteiger partial charge is 0.262 e. The summed E-state index contributed by atoms with van der Waals surface area (Å²) in [5.74, 6) is 1.20. The lowest BCUT2D eigenvalue weighted by molar-refractivity contribution is -0.113. The van der Waals surface area contributed by atoms with Crippen LogP contribution in [0.25, 0.3) is 10.9 Å². The summed E-state index contributed by atoms with van der Waals surface area (Å²) in [6.45, 7) is 0.179. The van der Waals surface area contributed by atoms with Crippen LogP contribution in [0.15, 0.2) is 46.3 Å². The first-order valence-corrected chi connectivity index (χ1v) is 12.0. The summed E-state index contributed by atoms with van der Waals surface area (Å²) in [5, 5.41) is 4.50. The fourth-order valence-electron chi connectivity index (χ4n) is 4.22. The Morgan fingerprint density at radius 3 is 2.78 bits per heavy atom. The van der Waals surface area contributed by atoms with E-state index in [2.05, 4.69) is 5.32 Å². The number of halogens is 1. The van der Waals surface area contributed by atoms with E-state index in [1.165, 1.54) is 18.2 Å². The molecule has 0 unspecified atom stereocenters. The highest BCUT2D eigenvalue weighted by Gasteiger charge is 2.23. The van der Waals surface area contributed by atoms with E-state index in [1.54, 1.807) is 41.0 Å². The van der Waals surface area contributed by atoms with Gasteiger partial charge in [0.15, 0.2) is 16.7 Å². The van der Waals surface area contributed by atoms with Crippen molar-refractivity contribution in [1.82, 2.24) is 9.55 Å². The number of carbonyl (C=O) groups excluding carboxylic acids is 1. The Hall–Kier alpha value is -2.71. The molecule has 1 N–H and O–H groups in total. The number of rotatable bonds is 5. The number of nitrogens with one attached hydrogen (secondary N) is 1. The Kier molecular flexibility index (Phi) is 5.97. The maximum atomic E-state index is 13.3. The maximum Gasteiger partial charge on any atom is 0.262 e. The Labute approximate surface area is 194 Å². The highest BCUT2D eigenvalue weighted by atomic mass is 35.5. The topological polar surface area (TPSA) is 82.5 Å². The van der Waals surface area contributed by atoms with Crippen molar-refractivity contribution in [1.29, 1.82) is 0 Å². The van der Waals surface area contributed by atoms with Crippen molar-refractivity contribution in [2.75, 3.05) is 17.9 Å². The lowest BCUT2D eigenvalue weighted by Gasteiger charge is -2.26. The molecule has 32 heavy (non-hydrogen) atoms. The van der Waals surface area contributed by atoms with E-state index in [4.69, 9.17) is 26.1 Å². The molecular weight excluding hydrogens is 450 g/mol. The van der Waals surface area contributed by atoms with Crippen LogP contribution >= 0.6 is 23.4 Å². The lowest BCUT2D eigenvalue weighted by atomic mass is 9.95. The zero-order valence-corrected chi connectivity index (χ0v) is 18.9. The van der Waals surface area contributed by atoms with Crippen LogP contribution in [-0.2, 0) is 4.79 Å². The second kappa shape index (κ2) is 9.03. The Bertz CT molecular complexity index is 1240. The molecule has 1 fully saturated rings. The van der Waals surface area contributed by atoms with Crippen LogP contribution in [0.3, 0.4) is 0 Å². The minimum absolute atomic E-state index is 0.0720. The van der Waals surface area contributed by atoms with Gasteiger partial charge < -0.3 is 14.8 Å². The number of aromatic nitrogens is 2. The summed E-state index contributed by atoms with van der Waals surface area (Å²) in [6.07, 6.45) is 5.24. The van der Waals surface area contributed by atoms with E-state index in [-0.39, 0.29) is 30.1 Å². The third kappa shape index (κ3) is 4.29. The third-order valence-corrected chi connectivity index (χ3v) is 6.95. The van der Waals surface area contributed by atoms with Crippen LogP contribution < -0.4 is 20.3 Å². The predicted molar refractivity (Wildman–Crippen MR) is 125 cm³/mol. The SMILES string of the molecule is O=C(CSc1nc2cc(Cl)ccc2c(=O)n1C1CCCCC1)Nc1ccc2c(c1)OCO2. The van der Waals surface area contributed by atoms with Gasteiger partial charge in [-0.1, -0.05) is 42.6 Å². The molecule has 2 aromatic carbocycles. The van der Waals surface area contributed by atoms with Gasteiger partial charge >= 0.3 is 0 Å². The van der Waals surface area contributed by atoms with Gasteiger partial charge in [0.25, 0.3) is 5.56 Å². The highest BCUT2D eigenvalue weighted by molar-refractivity contribution is 7.99. The number of hydrogen-bond donors (Lipinski definition) is 1. The number of anilines is 1. The first-order chi connectivity index (χ1) is 15.6. The summed E-state index contributed by atoms with van der Waals surface area (Å²) in [5.41, 5.74) is 1.10. The van der Waals surface area contributed by atoms with Gasteiger partial charge in [0.2, 0.25) is 12.7 Å². The number of ether oxygens (including phenoxy) is 2. The monoisotopic (exact) mass is 471 g/mol. The van der Waals surface area contributed by atoms with Gasteiger partial charge in [-0.3, -0.25) is 14.2 Å². The summed E-state index contributed by atoms with van der Waals surface area (Å²) in [7, 11) is 0. The molecular formula is C23H22ClN3O4S. The quantitative estimate of drug-likeness (QED) is 0.416. The van der Waals surface area contributed by atoms with Crippen molar-refractivity contribution in [3.63, 3.8) is 0 Å². The van der Waals surface area contributed by atoms with Gasteiger partial charge in [-0.25, -0.2) is 4.98 Å². The first kappa shape index (κ1) is 21.2. The lowest BCUT2D eigenvalue weighted by Crippen LogP contribution is -2.29. The van der Waals surface area contributed by atoms with Crippen LogP contribution in [-0.4, -0.2) is 28.0 Å². The molecule has 5 rings (SSSR count). The molecule has 2 aliphatic rings. The molecule has 1 aliphatic heterocycles. The van der Waals surface area contributed by atoms with E-state index in [0.717, 1.165) is 25.7 Å². The van der Waals surface area contributed by atoms with Crippen LogP contribution in [0.2, 0.25) is 5.02 Å². The van der Waals surface area contributed by atoms with Crippen molar-refractivity contribution in [3.8, 4) is 11.5 Å². The molecule has 7 nitrogen and oxygen atoms in total. The summed E-state index contributed by atoms with van der Waals surface area (Å²) < 4.78 is 12.4. The zero-order valence-electron chi connectivity index (χ0n) is 17.3. The normalized spacial score (nSPS) is 15.8. The number of benzene rings is 2. The van der Waals surface area contributed by atoms with Gasteiger partial charge in [-0.2, -0.15) is 0 Å². The molecule has 2 heterocycles. The van der Waals surface area contributed by atoms with Gasteiger partial charge in [0.1, 0.15) is 0 Å². The number of fused-ring (bicyclic) bond motifs is 2. The largest absolute Gasteiger partial charge is 0.454 e. The minimum atomic E-state index is -0.190. The molecule has 0 spiro atoms. The van der Waals surface area contributed by atoms with Crippen molar-refractivity contribution in [2.24, 2.45) is 0 Å². The van der Waals surface area contributed by atoms with Crippen molar-refractivity contribution in [3.05, 3.63) is 51.8 Å². The first-order valence-electron chi connectivity index (χ1n) is 10.6. The van der Waals surface area contributed by atoms with E-state index >= 15 is 0 Å². The molecule has 0 saturated heterocycles. The van der Waals surface area contributed by atoms with Crippen LogP contribution in [0.1, 0.15) is 38.1 Å². The Morgan fingerprint density at radius 2 is 1.94 bits per heavy atom. The number of thioether (sulfide) groups is 1. The highest BCUT2D eigenvalue weighted by Crippen LogP contribution is 2.35. The standard InChI is InChI=1S/C23H22ClN3O4S/c24-14-6-8-17-18(10-14)26-23(27(22(17)29)16-4-2-1-3-5-16)32-12-21(28)25-15-7-9-19-20(11-15)31-13-30-19/h6-11,16H,1-5,12-13H2,(H,25,28). The molecule has 166 valence electrons. The number of nitrogens with zero attached hydrogens (tertiary/aromatic N) is 2. The second-order valence-corrected chi connectivity index (χ2v) is 9.31. The molecule has 1 aliphatic carbocycles. The van der Waals surface area contributed by atoms with Gasteiger partial charge in [-0.15, -0.1) is 0 Å². The molecule has 1 aromatic heterocycles. The Balaban J connectivity index is 1.39.